The highest BCUT2D eigenvalue weighted by molar-refractivity contribution is 7.98. The van der Waals surface area contributed by atoms with Crippen LogP contribution in [0.25, 0.3) is 0 Å². The fourth-order valence-corrected chi connectivity index (χ4v) is 2.30. The number of nitrogens with one attached hydrogen (secondary N) is 1. The van der Waals surface area contributed by atoms with Crippen molar-refractivity contribution < 1.29 is 9.53 Å². The van der Waals surface area contributed by atoms with E-state index in [0.29, 0.717) is 0 Å². The van der Waals surface area contributed by atoms with Gasteiger partial charge in [-0.2, -0.15) is 0 Å². The number of aryl methyl sites for hydroxylation is 1. The van der Waals surface area contributed by atoms with Crippen LogP contribution < -0.4 is 10.1 Å². The SMILES string of the molecule is CSc1ccc(Oc2ccc(NC(C)=O)cc2)c(C)c1. The van der Waals surface area contributed by atoms with Crippen LogP contribution in [0.1, 0.15) is 12.5 Å². The molecular formula is C16H17NO2S. The van der Waals surface area contributed by atoms with E-state index in [1.54, 1.807) is 11.8 Å². The van der Waals surface area contributed by atoms with E-state index in [1.165, 1.54) is 11.8 Å². The predicted octanol–water partition coefficient (Wildman–Crippen LogP) is 4.47. The Morgan fingerprint density at radius 2 is 1.85 bits per heavy atom. The van der Waals surface area contributed by atoms with E-state index in [4.69, 9.17) is 4.74 Å². The number of thioether (sulfide) groups is 1. The zero-order valence-corrected chi connectivity index (χ0v) is 12.6. The van der Waals surface area contributed by atoms with Crippen molar-refractivity contribution in [1.29, 1.82) is 0 Å². The van der Waals surface area contributed by atoms with Gasteiger partial charge < -0.3 is 10.1 Å². The molecule has 4 heteroatoms. The van der Waals surface area contributed by atoms with Crippen molar-refractivity contribution in [3.8, 4) is 11.5 Å². The maximum Gasteiger partial charge on any atom is 0.221 e. The minimum Gasteiger partial charge on any atom is -0.457 e. The van der Waals surface area contributed by atoms with Gasteiger partial charge in [-0.15, -0.1) is 11.8 Å². The average Bonchev–Trinajstić information content (AvgIpc) is 2.42. The minimum atomic E-state index is -0.0813. The molecule has 0 aliphatic heterocycles. The Morgan fingerprint density at radius 1 is 1.15 bits per heavy atom. The molecule has 0 aliphatic rings. The van der Waals surface area contributed by atoms with Gasteiger partial charge in [0.2, 0.25) is 5.91 Å². The summed E-state index contributed by atoms with van der Waals surface area (Å²) in [7, 11) is 0. The number of anilines is 1. The fourth-order valence-electron chi connectivity index (χ4n) is 1.80. The molecule has 0 aromatic heterocycles. The first-order valence-electron chi connectivity index (χ1n) is 6.28. The van der Waals surface area contributed by atoms with Crippen molar-refractivity contribution in [3.63, 3.8) is 0 Å². The molecule has 2 aromatic rings. The molecule has 104 valence electrons. The number of rotatable bonds is 4. The third-order valence-corrected chi connectivity index (χ3v) is 3.51. The van der Waals surface area contributed by atoms with Gasteiger partial charge in [0.15, 0.2) is 0 Å². The molecule has 0 fully saturated rings. The number of carbonyl (C=O) groups is 1. The van der Waals surface area contributed by atoms with Crippen LogP contribution in [0.3, 0.4) is 0 Å². The molecule has 0 saturated heterocycles. The highest BCUT2D eigenvalue weighted by Crippen LogP contribution is 2.28. The van der Waals surface area contributed by atoms with Crippen molar-refractivity contribution in [2.75, 3.05) is 11.6 Å². The average molecular weight is 287 g/mol. The maximum atomic E-state index is 10.9. The molecule has 20 heavy (non-hydrogen) atoms. The summed E-state index contributed by atoms with van der Waals surface area (Å²) in [5.41, 5.74) is 1.86. The normalized spacial score (nSPS) is 10.2. The predicted molar refractivity (Wildman–Crippen MR) is 83.8 cm³/mol. The van der Waals surface area contributed by atoms with Crippen molar-refractivity contribution in [3.05, 3.63) is 48.0 Å². The number of benzene rings is 2. The summed E-state index contributed by atoms with van der Waals surface area (Å²) >= 11 is 1.71. The van der Waals surface area contributed by atoms with Crippen LogP contribution in [0.4, 0.5) is 5.69 Å². The van der Waals surface area contributed by atoms with Crippen molar-refractivity contribution in [2.45, 2.75) is 18.7 Å². The first-order valence-corrected chi connectivity index (χ1v) is 7.51. The second kappa shape index (κ2) is 6.48. The standard InChI is InChI=1S/C16H17NO2S/c1-11-10-15(20-3)8-9-16(11)19-14-6-4-13(5-7-14)17-12(2)18/h4-10H,1-3H3,(H,17,18). The lowest BCUT2D eigenvalue weighted by molar-refractivity contribution is -0.114. The van der Waals surface area contributed by atoms with Crippen molar-refractivity contribution >= 4 is 23.4 Å². The van der Waals surface area contributed by atoms with Gasteiger partial charge in [-0.1, -0.05) is 0 Å². The maximum absolute atomic E-state index is 10.9. The Labute approximate surface area is 123 Å². The zero-order chi connectivity index (χ0) is 14.5. The third-order valence-electron chi connectivity index (χ3n) is 2.78. The number of amides is 1. The third kappa shape index (κ3) is 3.78. The quantitative estimate of drug-likeness (QED) is 0.843. The molecule has 0 radical (unpaired) electrons. The summed E-state index contributed by atoms with van der Waals surface area (Å²) in [5, 5.41) is 2.73. The Morgan fingerprint density at radius 3 is 2.40 bits per heavy atom. The summed E-state index contributed by atoms with van der Waals surface area (Å²) in [6, 6.07) is 13.4. The second-order valence-corrected chi connectivity index (χ2v) is 5.32. The van der Waals surface area contributed by atoms with Crippen LogP contribution in [0.2, 0.25) is 0 Å². The molecule has 0 unspecified atom stereocenters. The van der Waals surface area contributed by atoms with Gasteiger partial charge >= 0.3 is 0 Å². The van der Waals surface area contributed by atoms with E-state index in [9.17, 15) is 4.79 Å². The van der Waals surface area contributed by atoms with Gasteiger partial charge in [-0.3, -0.25) is 4.79 Å². The molecule has 0 saturated carbocycles. The number of ether oxygens (including phenoxy) is 1. The molecule has 1 amide bonds. The van der Waals surface area contributed by atoms with Gasteiger partial charge in [0, 0.05) is 17.5 Å². The van der Waals surface area contributed by atoms with Crippen molar-refractivity contribution in [1.82, 2.24) is 0 Å². The molecule has 0 atom stereocenters. The number of carbonyl (C=O) groups excluding carboxylic acids is 1. The van der Waals surface area contributed by atoms with Gasteiger partial charge in [-0.25, -0.2) is 0 Å². The summed E-state index contributed by atoms with van der Waals surface area (Å²) in [6.07, 6.45) is 2.05. The Hall–Kier alpha value is -1.94. The molecule has 2 aromatic carbocycles. The van der Waals surface area contributed by atoms with E-state index in [2.05, 4.69) is 17.6 Å². The molecule has 3 nitrogen and oxygen atoms in total. The molecule has 2 rings (SSSR count). The Kier molecular flexibility index (Phi) is 4.69. The van der Waals surface area contributed by atoms with Crippen LogP contribution in [-0.4, -0.2) is 12.2 Å². The molecular weight excluding hydrogens is 270 g/mol. The van der Waals surface area contributed by atoms with E-state index in [1.807, 2.05) is 43.3 Å². The highest BCUT2D eigenvalue weighted by Gasteiger charge is 2.03. The van der Waals surface area contributed by atoms with Crippen LogP contribution >= 0.6 is 11.8 Å². The van der Waals surface area contributed by atoms with Gasteiger partial charge in [0.1, 0.15) is 11.5 Å². The van der Waals surface area contributed by atoms with E-state index in [-0.39, 0.29) is 5.91 Å². The van der Waals surface area contributed by atoms with Gasteiger partial charge in [-0.05, 0) is 61.2 Å². The van der Waals surface area contributed by atoms with Crippen LogP contribution in [0.15, 0.2) is 47.4 Å². The van der Waals surface area contributed by atoms with Gasteiger partial charge in [0.25, 0.3) is 0 Å². The zero-order valence-electron chi connectivity index (χ0n) is 11.8. The Bertz CT molecular complexity index is 608. The summed E-state index contributed by atoms with van der Waals surface area (Å²) < 4.78 is 5.85. The van der Waals surface area contributed by atoms with Crippen LogP contribution in [0.5, 0.6) is 11.5 Å². The highest BCUT2D eigenvalue weighted by atomic mass is 32.2. The van der Waals surface area contributed by atoms with Crippen LogP contribution in [-0.2, 0) is 4.79 Å². The number of hydrogen-bond donors (Lipinski definition) is 1. The minimum absolute atomic E-state index is 0.0813. The van der Waals surface area contributed by atoms with E-state index < -0.39 is 0 Å². The Balaban J connectivity index is 2.12. The van der Waals surface area contributed by atoms with E-state index >= 15 is 0 Å². The van der Waals surface area contributed by atoms with E-state index in [0.717, 1.165) is 22.7 Å². The molecule has 0 bridgehead atoms. The van der Waals surface area contributed by atoms with Crippen LogP contribution in [0, 0.1) is 6.92 Å². The summed E-state index contributed by atoms with van der Waals surface area (Å²) in [5.74, 6) is 1.51. The largest absolute Gasteiger partial charge is 0.457 e. The smallest absolute Gasteiger partial charge is 0.221 e. The van der Waals surface area contributed by atoms with Crippen molar-refractivity contribution in [2.24, 2.45) is 0 Å². The summed E-state index contributed by atoms with van der Waals surface area (Å²) in [4.78, 5) is 12.2. The summed E-state index contributed by atoms with van der Waals surface area (Å²) in [6.45, 7) is 3.52. The second-order valence-electron chi connectivity index (χ2n) is 4.44. The molecule has 0 aliphatic carbocycles. The monoisotopic (exact) mass is 287 g/mol. The molecule has 0 heterocycles. The van der Waals surface area contributed by atoms with Gasteiger partial charge in [0.05, 0.1) is 0 Å². The lowest BCUT2D eigenvalue weighted by Gasteiger charge is -2.10. The lowest BCUT2D eigenvalue weighted by atomic mass is 10.2. The molecule has 1 N–H and O–H groups in total. The first kappa shape index (κ1) is 14.5. The molecule has 0 spiro atoms. The first-order chi connectivity index (χ1) is 9.58. The number of hydrogen-bond acceptors (Lipinski definition) is 3. The fraction of sp³-hybridized carbons (Fsp3) is 0.188. The lowest BCUT2D eigenvalue weighted by Crippen LogP contribution is -2.05. The topological polar surface area (TPSA) is 38.3 Å².